The van der Waals surface area contributed by atoms with Gasteiger partial charge in [-0.3, -0.25) is 0 Å². The van der Waals surface area contributed by atoms with Crippen LogP contribution in [0, 0.1) is 0 Å². The molecular formula is C12H21NO3. The van der Waals surface area contributed by atoms with Crippen molar-refractivity contribution in [1.29, 1.82) is 0 Å². The molecule has 0 rings (SSSR count). The predicted molar refractivity (Wildman–Crippen MR) is 61.9 cm³/mol. The number of carbonyl (C=O) groups is 1. The highest BCUT2D eigenvalue weighted by Gasteiger charge is 2.24. The number of esters is 1. The van der Waals surface area contributed by atoms with Crippen molar-refractivity contribution in [1.82, 2.24) is 0 Å². The predicted octanol–water partition coefficient (Wildman–Crippen LogP) is 2.61. The maximum absolute atomic E-state index is 11.6. The molecule has 0 amide bonds. The minimum absolute atomic E-state index is 0.438. The Morgan fingerprint density at radius 3 is 2.44 bits per heavy atom. The fourth-order valence-electron chi connectivity index (χ4n) is 1.26. The van der Waals surface area contributed by atoms with Crippen LogP contribution < -0.4 is 0 Å². The van der Waals surface area contributed by atoms with E-state index in [4.69, 9.17) is 4.74 Å². The van der Waals surface area contributed by atoms with E-state index in [-0.39, 0.29) is 0 Å². The third-order valence-corrected chi connectivity index (χ3v) is 1.97. The van der Waals surface area contributed by atoms with Crippen molar-refractivity contribution in [3.8, 4) is 0 Å². The Morgan fingerprint density at radius 1 is 1.38 bits per heavy atom. The second kappa shape index (κ2) is 7.18. The Balaban J connectivity index is 4.30. The lowest BCUT2D eigenvalue weighted by molar-refractivity contribution is -0.156. The number of ether oxygens (including phenoxy) is 1. The van der Waals surface area contributed by atoms with E-state index in [1.165, 1.54) is 6.08 Å². The third kappa shape index (κ3) is 7.18. The van der Waals surface area contributed by atoms with E-state index in [1.54, 1.807) is 20.8 Å². The molecule has 92 valence electrons. The van der Waals surface area contributed by atoms with Gasteiger partial charge in [0.05, 0.1) is 0 Å². The fourth-order valence-corrected chi connectivity index (χ4v) is 1.26. The van der Waals surface area contributed by atoms with E-state index >= 15 is 0 Å². The zero-order chi connectivity index (χ0) is 12.6. The highest BCUT2D eigenvalue weighted by atomic mass is 16.6. The van der Waals surface area contributed by atoms with Gasteiger partial charge >= 0.3 is 5.97 Å². The Morgan fingerprint density at radius 2 is 2.00 bits per heavy atom. The van der Waals surface area contributed by atoms with Crippen molar-refractivity contribution >= 4 is 12.0 Å². The van der Waals surface area contributed by atoms with Gasteiger partial charge in [-0.15, -0.1) is 0 Å². The van der Waals surface area contributed by atoms with Gasteiger partial charge in [-0.2, -0.15) is 4.99 Å². The maximum Gasteiger partial charge on any atom is 0.332 e. The molecule has 0 aliphatic heterocycles. The van der Waals surface area contributed by atoms with Gasteiger partial charge in [0.25, 0.3) is 0 Å². The number of hydrogen-bond acceptors (Lipinski definition) is 4. The Kier molecular flexibility index (Phi) is 6.66. The minimum atomic E-state index is -0.691. The number of rotatable bonds is 6. The molecule has 0 aromatic rings. The maximum atomic E-state index is 11.6. The first kappa shape index (κ1) is 14.8. The van der Waals surface area contributed by atoms with Crippen LogP contribution in [0.2, 0.25) is 0 Å². The van der Waals surface area contributed by atoms with Gasteiger partial charge < -0.3 is 4.74 Å². The molecule has 0 saturated carbocycles. The molecule has 0 saturated heterocycles. The summed E-state index contributed by atoms with van der Waals surface area (Å²) in [4.78, 5) is 25.4. The number of carbonyl (C=O) groups excluding carboxylic acids is 2. The number of hydrogen-bond donors (Lipinski definition) is 0. The van der Waals surface area contributed by atoms with Crippen LogP contribution in [0.1, 0.15) is 53.4 Å². The summed E-state index contributed by atoms with van der Waals surface area (Å²) in [5.74, 6) is -0.438. The normalized spacial score (nSPS) is 12.8. The average molecular weight is 227 g/mol. The second-order valence-electron chi connectivity index (χ2n) is 4.77. The molecule has 0 heterocycles. The smallest absolute Gasteiger partial charge is 0.332 e. The first-order valence-electron chi connectivity index (χ1n) is 5.70. The summed E-state index contributed by atoms with van der Waals surface area (Å²) >= 11 is 0. The van der Waals surface area contributed by atoms with E-state index in [9.17, 15) is 9.59 Å². The molecule has 0 bridgehead atoms. The lowest BCUT2D eigenvalue weighted by atomic mass is 10.1. The van der Waals surface area contributed by atoms with Gasteiger partial charge in [0.1, 0.15) is 5.60 Å². The van der Waals surface area contributed by atoms with Crippen molar-refractivity contribution in [3.05, 3.63) is 0 Å². The van der Waals surface area contributed by atoms with Crippen LogP contribution in [0.4, 0.5) is 0 Å². The summed E-state index contributed by atoms with van der Waals surface area (Å²) in [6.07, 6.45) is 4.94. The van der Waals surface area contributed by atoms with Crippen molar-refractivity contribution < 1.29 is 14.3 Å². The first-order valence-corrected chi connectivity index (χ1v) is 5.70. The van der Waals surface area contributed by atoms with Crippen LogP contribution in [0.15, 0.2) is 4.99 Å². The van der Waals surface area contributed by atoms with Crippen molar-refractivity contribution in [2.24, 2.45) is 4.99 Å². The third-order valence-electron chi connectivity index (χ3n) is 1.97. The first-order chi connectivity index (χ1) is 7.40. The quantitative estimate of drug-likeness (QED) is 0.303. The van der Waals surface area contributed by atoms with E-state index in [0.717, 1.165) is 19.3 Å². The topological polar surface area (TPSA) is 55.7 Å². The monoisotopic (exact) mass is 227 g/mol. The van der Waals surface area contributed by atoms with Crippen LogP contribution in [0.5, 0.6) is 0 Å². The molecule has 1 atom stereocenters. The molecule has 4 nitrogen and oxygen atoms in total. The van der Waals surface area contributed by atoms with Gasteiger partial charge in [-0.25, -0.2) is 9.59 Å². The van der Waals surface area contributed by atoms with Crippen molar-refractivity contribution in [2.75, 3.05) is 0 Å². The molecule has 0 fully saturated rings. The SMILES string of the molecule is CCCCCC(N=C=O)C(=O)OC(C)(C)C. The number of aliphatic imine (C=N–C) groups is 1. The standard InChI is InChI=1S/C12H21NO3/c1-5-6-7-8-10(13-9-14)11(15)16-12(2,3)4/h10H,5-8H2,1-4H3. The van der Waals surface area contributed by atoms with Gasteiger partial charge in [0.15, 0.2) is 6.04 Å². The summed E-state index contributed by atoms with van der Waals surface area (Å²) in [5.41, 5.74) is -0.543. The largest absolute Gasteiger partial charge is 0.458 e. The van der Waals surface area contributed by atoms with Crippen LogP contribution in [-0.4, -0.2) is 23.7 Å². The number of isocyanates is 1. The summed E-state index contributed by atoms with van der Waals surface area (Å²) < 4.78 is 5.17. The van der Waals surface area contributed by atoms with E-state index in [0.29, 0.717) is 6.42 Å². The molecular weight excluding hydrogens is 206 g/mol. The van der Waals surface area contributed by atoms with E-state index in [1.807, 2.05) is 0 Å². The van der Waals surface area contributed by atoms with Crippen LogP contribution in [0.25, 0.3) is 0 Å². The number of nitrogens with zero attached hydrogens (tertiary/aromatic N) is 1. The van der Waals surface area contributed by atoms with Gasteiger partial charge in [0.2, 0.25) is 6.08 Å². The summed E-state index contributed by atoms with van der Waals surface area (Å²) in [7, 11) is 0. The summed E-state index contributed by atoms with van der Waals surface area (Å²) in [6, 6.07) is -0.691. The van der Waals surface area contributed by atoms with Crippen molar-refractivity contribution in [2.45, 2.75) is 65.0 Å². The van der Waals surface area contributed by atoms with Gasteiger partial charge in [-0.05, 0) is 27.2 Å². The van der Waals surface area contributed by atoms with Crippen LogP contribution >= 0.6 is 0 Å². The molecule has 0 aromatic carbocycles. The second-order valence-corrected chi connectivity index (χ2v) is 4.77. The van der Waals surface area contributed by atoms with Crippen molar-refractivity contribution in [3.63, 3.8) is 0 Å². The molecule has 0 radical (unpaired) electrons. The molecule has 0 aromatic heterocycles. The Bertz CT molecular complexity index is 262. The highest BCUT2D eigenvalue weighted by molar-refractivity contribution is 5.77. The Hall–Kier alpha value is -1.15. The van der Waals surface area contributed by atoms with E-state index in [2.05, 4.69) is 11.9 Å². The van der Waals surface area contributed by atoms with Gasteiger partial charge in [0, 0.05) is 0 Å². The highest BCUT2D eigenvalue weighted by Crippen LogP contribution is 2.13. The molecule has 16 heavy (non-hydrogen) atoms. The lowest BCUT2D eigenvalue weighted by Gasteiger charge is -2.21. The molecule has 0 aliphatic rings. The molecule has 1 unspecified atom stereocenters. The fraction of sp³-hybridized carbons (Fsp3) is 0.833. The number of unbranched alkanes of at least 4 members (excludes halogenated alkanes) is 2. The van der Waals surface area contributed by atoms with Crippen LogP contribution in [-0.2, 0) is 14.3 Å². The minimum Gasteiger partial charge on any atom is -0.458 e. The summed E-state index contributed by atoms with van der Waals surface area (Å²) in [6.45, 7) is 7.45. The zero-order valence-corrected chi connectivity index (χ0v) is 10.6. The van der Waals surface area contributed by atoms with Gasteiger partial charge in [-0.1, -0.05) is 26.2 Å². The summed E-state index contributed by atoms with van der Waals surface area (Å²) in [5, 5.41) is 0. The average Bonchev–Trinajstić information content (AvgIpc) is 2.14. The molecule has 0 aliphatic carbocycles. The lowest BCUT2D eigenvalue weighted by Crippen LogP contribution is -2.30. The molecule has 0 N–H and O–H groups in total. The molecule has 4 heteroatoms. The van der Waals surface area contributed by atoms with Crippen LogP contribution in [0.3, 0.4) is 0 Å². The Labute approximate surface area is 97.1 Å². The van der Waals surface area contributed by atoms with E-state index < -0.39 is 17.6 Å². The zero-order valence-electron chi connectivity index (χ0n) is 10.6. The molecule has 0 spiro atoms.